The van der Waals surface area contributed by atoms with Gasteiger partial charge in [0.15, 0.2) is 20.8 Å². The maximum Gasteiger partial charge on any atom is 0.242 e. The predicted octanol–water partition coefficient (Wildman–Crippen LogP) is 3.62. The van der Waals surface area contributed by atoms with Crippen LogP contribution in [0.15, 0.2) is 45.8 Å². The van der Waals surface area contributed by atoms with Crippen LogP contribution in [0, 0.1) is 13.8 Å². The zero-order valence-electron chi connectivity index (χ0n) is 15.2. The normalized spacial score (nSPS) is 26.7. The van der Waals surface area contributed by atoms with E-state index in [2.05, 4.69) is 21.2 Å². The van der Waals surface area contributed by atoms with Gasteiger partial charge in [-0.1, -0.05) is 22.0 Å². The van der Waals surface area contributed by atoms with E-state index in [0.717, 1.165) is 21.2 Å². The van der Waals surface area contributed by atoms with Gasteiger partial charge in [-0.2, -0.15) is 0 Å². The number of nitrogens with one attached hydrogen (secondary N) is 1. The summed E-state index contributed by atoms with van der Waals surface area (Å²) in [5.41, 5.74) is 1.73. The van der Waals surface area contributed by atoms with E-state index in [9.17, 15) is 13.2 Å². The zero-order chi connectivity index (χ0) is 19.6. The van der Waals surface area contributed by atoms with Crippen LogP contribution in [0.3, 0.4) is 0 Å². The first-order valence-electron chi connectivity index (χ1n) is 8.72. The molecule has 1 amide bonds. The molecule has 3 atom stereocenters. The van der Waals surface area contributed by atoms with E-state index in [1.54, 1.807) is 31.2 Å². The Hall–Kier alpha value is -1.86. The lowest BCUT2D eigenvalue weighted by Crippen LogP contribution is -2.63. The second kappa shape index (κ2) is 6.07. The predicted molar refractivity (Wildman–Crippen MR) is 106 cm³/mol. The maximum atomic E-state index is 13.4. The van der Waals surface area contributed by atoms with Gasteiger partial charge < -0.3 is 10.1 Å². The summed E-state index contributed by atoms with van der Waals surface area (Å²) in [5, 5.41) is 1.59. The monoisotopic (exact) mass is 449 g/mol. The number of hydrogen-bond donors (Lipinski definition) is 1. The Balaban J connectivity index is 1.87. The van der Waals surface area contributed by atoms with Crippen molar-refractivity contribution in [1.29, 1.82) is 0 Å². The van der Waals surface area contributed by atoms with Crippen molar-refractivity contribution >= 4 is 31.7 Å². The fourth-order valence-corrected chi connectivity index (χ4v) is 6.26. The average molecular weight is 450 g/mol. The van der Waals surface area contributed by atoms with Crippen molar-refractivity contribution in [3.8, 4) is 5.75 Å². The number of ether oxygens (including phenoxy) is 1. The number of sulfone groups is 1. The number of fused-ring (bicyclic) bond motifs is 4. The van der Waals surface area contributed by atoms with Crippen LogP contribution in [0.5, 0.6) is 5.75 Å². The summed E-state index contributed by atoms with van der Waals surface area (Å²) < 4.78 is 33.7. The second-order valence-corrected chi connectivity index (χ2v) is 10.5. The summed E-state index contributed by atoms with van der Waals surface area (Å²) in [6, 6.07) is 10.5. The first-order valence-corrected chi connectivity index (χ1v) is 11.1. The number of halogens is 1. The molecule has 0 aromatic heterocycles. The van der Waals surface area contributed by atoms with Gasteiger partial charge in [0.1, 0.15) is 5.75 Å². The van der Waals surface area contributed by atoms with Gasteiger partial charge in [0.25, 0.3) is 0 Å². The van der Waals surface area contributed by atoms with E-state index in [0.29, 0.717) is 12.2 Å². The standard InChI is InChI=1S/C20H20BrNO4S/c1-11-4-6-14(8-12(11)2)27(24,25)18-16-10-20(3,22-19(18)23)26-17-7-5-13(21)9-15(16)17/h4-9,16,18H,10H2,1-3H3,(H,22,23)/t16-,18+,20+/m1/s1. The Morgan fingerprint density at radius 1 is 1.15 bits per heavy atom. The number of aryl methyl sites for hydroxylation is 2. The van der Waals surface area contributed by atoms with Crippen LogP contribution in [0.25, 0.3) is 0 Å². The van der Waals surface area contributed by atoms with Gasteiger partial charge in [-0.3, -0.25) is 4.79 Å². The van der Waals surface area contributed by atoms with Crippen molar-refractivity contribution in [1.82, 2.24) is 5.32 Å². The molecule has 1 saturated heterocycles. The van der Waals surface area contributed by atoms with Gasteiger partial charge >= 0.3 is 0 Å². The van der Waals surface area contributed by atoms with Crippen LogP contribution in [0.4, 0.5) is 0 Å². The minimum atomic E-state index is -3.87. The molecule has 0 saturated carbocycles. The van der Waals surface area contributed by atoms with Gasteiger partial charge in [0.05, 0.1) is 4.90 Å². The van der Waals surface area contributed by atoms with Crippen molar-refractivity contribution in [2.24, 2.45) is 0 Å². The molecule has 0 radical (unpaired) electrons. The number of piperidine rings is 1. The summed E-state index contributed by atoms with van der Waals surface area (Å²) in [4.78, 5) is 13.1. The van der Waals surface area contributed by atoms with Crippen molar-refractivity contribution in [3.63, 3.8) is 0 Å². The van der Waals surface area contributed by atoms with Gasteiger partial charge in [0.2, 0.25) is 5.91 Å². The number of hydrogen-bond acceptors (Lipinski definition) is 4. The van der Waals surface area contributed by atoms with E-state index in [1.807, 2.05) is 26.0 Å². The molecule has 0 aliphatic carbocycles. The minimum absolute atomic E-state index is 0.178. The zero-order valence-corrected chi connectivity index (χ0v) is 17.6. The molecule has 2 bridgehead atoms. The maximum absolute atomic E-state index is 13.4. The smallest absolute Gasteiger partial charge is 0.242 e. The molecule has 2 heterocycles. The molecule has 1 N–H and O–H groups in total. The molecule has 2 aromatic rings. The Morgan fingerprint density at radius 2 is 1.89 bits per heavy atom. The summed E-state index contributed by atoms with van der Waals surface area (Å²) >= 11 is 3.44. The van der Waals surface area contributed by atoms with Gasteiger partial charge in [0, 0.05) is 22.4 Å². The third-order valence-corrected chi connectivity index (χ3v) is 8.08. The Kier molecular flexibility index (Phi) is 4.16. The van der Waals surface area contributed by atoms with E-state index in [4.69, 9.17) is 4.74 Å². The first kappa shape index (κ1) is 18.5. The second-order valence-electron chi connectivity index (χ2n) is 7.53. The lowest BCUT2D eigenvalue weighted by Gasteiger charge is -2.46. The number of carbonyl (C=O) groups excluding carboxylic acids is 1. The van der Waals surface area contributed by atoms with Crippen LogP contribution >= 0.6 is 15.9 Å². The quantitative estimate of drug-likeness (QED) is 0.759. The molecule has 2 aromatic carbocycles. The molecule has 0 spiro atoms. The molecule has 2 aliphatic rings. The molecule has 1 fully saturated rings. The van der Waals surface area contributed by atoms with E-state index < -0.39 is 32.6 Å². The van der Waals surface area contributed by atoms with Gasteiger partial charge in [-0.25, -0.2) is 8.42 Å². The first-order chi connectivity index (χ1) is 12.6. The van der Waals surface area contributed by atoms with E-state index in [1.165, 1.54) is 0 Å². The lowest BCUT2D eigenvalue weighted by molar-refractivity contribution is -0.132. The molecular weight excluding hydrogens is 430 g/mol. The van der Waals surface area contributed by atoms with Crippen LogP contribution in [-0.2, 0) is 14.6 Å². The Labute approximate surface area is 167 Å². The summed E-state index contributed by atoms with van der Waals surface area (Å²) in [7, 11) is -3.87. The fraction of sp³-hybridized carbons (Fsp3) is 0.350. The average Bonchev–Trinajstić information content (AvgIpc) is 2.57. The van der Waals surface area contributed by atoms with Crippen LogP contribution in [0.2, 0.25) is 0 Å². The summed E-state index contributed by atoms with van der Waals surface area (Å²) in [5.74, 6) is -0.383. The van der Waals surface area contributed by atoms with Crippen LogP contribution in [0.1, 0.15) is 36.0 Å². The SMILES string of the molecule is Cc1ccc(S(=O)(=O)[C@@H]2C(=O)N[C@]3(C)C[C@@H]2c2cc(Br)ccc2O3)cc1C. The molecular formula is C20H20BrNO4S. The largest absolute Gasteiger partial charge is 0.468 e. The molecule has 7 heteroatoms. The van der Waals surface area contributed by atoms with Crippen LogP contribution < -0.4 is 10.1 Å². The number of carbonyl (C=O) groups is 1. The topological polar surface area (TPSA) is 72.5 Å². The molecule has 142 valence electrons. The fourth-order valence-electron chi connectivity index (χ4n) is 3.97. The van der Waals surface area contributed by atoms with Crippen LogP contribution in [-0.4, -0.2) is 25.3 Å². The van der Waals surface area contributed by atoms with E-state index in [-0.39, 0.29) is 4.90 Å². The highest BCUT2D eigenvalue weighted by molar-refractivity contribution is 9.10. The highest BCUT2D eigenvalue weighted by Crippen LogP contribution is 2.47. The van der Waals surface area contributed by atoms with Gasteiger partial charge in [-0.05, 0) is 62.2 Å². The molecule has 5 nitrogen and oxygen atoms in total. The minimum Gasteiger partial charge on any atom is -0.468 e. The summed E-state index contributed by atoms with van der Waals surface area (Å²) in [6.45, 7) is 5.58. The molecule has 0 unspecified atom stereocenters. The van der Waals surface area contributed by atoms with Crippen molar-refractivity contribution < 1.29 is 17.9 Å². The molecule has 4 rings (SSSR count). The van der Waals surface area contributed by atoms with Crippen molar-refractivity contribution in [2.75, 3.05) is 0 Å². The number of amides is 1. The third-order valence-electron chi connectivity index (χ3n) is 5.47. The highest BCUT2D eigenvalue weighted by Gasteiger charge is 2.54. The Morgan fingerprint density at radius 3 is 2.59 bits per heavy atom. The van der Waals surface area contributed by atoms with Crippen molar-refractivity contribution in [2.45, 2.75) is 49.0 Å². The van der Waals surface area contributed by atoms with E-state index >= 15 is 0 Å². The summed E-state index contributed by atoms with van der Waals surface area (Å²) in [6.07, 6.45) is 0.400. The highest BCUT2D eigenvalue weighted by atomic mass is 79.9. The number of rotatable bonds is 2. The van der Waals surface area contributed by atoms with Crippen molar-refractivity contribution in [3.05, 3.63) is 57.6 Å². The number of benzene rings is 2. The Bertz CT molecular complexity index is 1070. The van der Waals surface area contributed by atoms with Gasteiger partial charge in [-0.15, -0.1) is 0 Å². The third kappa shape index (κ3) is 2.97. The molecule has 2 aliphatic heterocycles. The lowest BCUT2D eigenvalue weighted by atomic mass is 9.81. The molecule has 27 heavy (non-hydrogen) atoms.